The van der Waals surface area contributed by atoms with Gasteiger partial charge in [0, 0.05) is 35.8 Å². The molecule has 0 spiro atoms. The Labute approximate surface area is 200 Å². The Balaban J connectivity index is 1.64. The summed E-state index contributed by atoms with van der Waals surface area (Å²) in [6.45, 7) is 0. The van der Waals surface area contributed by atoms with Crippen LogP contribution in [0.15, 0.2) is 91.6 Å². The second-order valence-corrected chi connectivity index (χ2v) is 7.99. The molecule has 1 amide bonds. The molecule has 0 atom stereocenters. The van der Waals surface area contributed by atoms with Crippen molar-refractivity contribution in [1.82, 2.24) is 0 Å². The van der Waals surface area contributed by atoms with Gasteiger partial charge in [0.05, 0.1) is 18.9 Å². The van der Waals surface area contributed by atoms with Crippen LogP contribution in [0.25, 0.3) is 28.2 Å². The van der Waals surface area contributed by atoms with Crippen LogP contribution in [0.5, 0.6) is 5.75 Å². The highest BCUT2D eigenvalue weighted by molar-refractivity contribution is 8.13. The second kappa shape index (κ2) is 10.3. The molecule has 0 radical (unpaired) electrons. The van der Waals surface area contributed by atoms with E-state index in [1.807, 2.05) is 30.5 Å². The number of fused-ring (bicyclic) bond motifs is 1. The van der Waals surface area contributed by atoms with Crippen LogP contribution in [0.2, 0.25) is 0 Å². The zero-order valence-corrected chi connectivity index (χ0v) is 19.7. The largest absolute Gasteiger partial charge is 0.496 e. The zero-order chi connectivity index (χ0) is 24.1. The molecule has 0 bridgehead atoms. The van der Waals surface area contributed by atoms with E-state index in [1.165, 1.54) is 31.2 Å². The number of para-hydroxylation sites is 1. The van der Waals surface area contributed by atoms with Crippen LogP contribution in [-0.2, 0) is 4.79 Å². The van der Waals surface area contributed by atoms with Crippen LogP contribution in [0.1, 0.15) is 5.76 Å². The third kappa shape index (κ3) is 4.97. The number of amidine groups is 1. The predicted octanol–water partition coefficient (Wildman–Crippen LogP) is 5.46. The number of hydrogen-bond acceptors (Lipinski definition) is 6. The Morgan fingerprint density at radius 3 is 2.65 bits per heavy atom. The Morgan fingerprint density at radius 1 is 1.09 bits per heavy atom. The van der Waals surface area contributed by atoms with E-state index in [9.17, 15) is 9.59 Å². The van der Waals surface area contributed by atoms with Crippen molar-refractivity contribution >= 4 is 45.6 Å². The molecule has 2 aromatic heterocycles. The monoisotopic (exact) mass is 474 g/mol. The molecule has 172 valence electrons. The van der Waals surface area contributed by atoms with Crippen LogP contribution in [0, 0.1) is 0 Å². The molecule has 0 saturated carbocycles. The van der Waals surface area contributed by atoms with Gasteiger partial charge in [-0.25, -0.2) is 4.79 Å². The third-order valence-electron chi connectivity index (χ3n) is 5.11. The lowest BCUT2D eigenvalue weighted by Crippen LogP contribution is -2.24. The van der Waals surface area contributed by atoms with Crippen LogP contribution in [-0.4, -0.2) is 31.5 Å². The maximum atomic E-state index is 12.6. The number of carbonyl (C=O) groups is 1. The average Bonchev–Trinajstić information content (AvgIpc) is 3.38. The number of amides is 1. The lowest BCUT2D eigenvalue weighted by atomic mass is 10.0. The van der Waals surface area contributed by atoms with Crippen molar-refractivity contribution in [3.63, 3.8) is 0 Å². The molecule has 0 aliphatic carbocycles. The molecular formula is C26H22N2O5S. The molecule has 4 aromatic rings. The van der Waals surface area contributed by atoms with Gasteiger partial charge in [-0.2, -0.15) is 4.99 Å². The van der Waals surface area contributed by atoms with Gasteiger partial charge in [-0.15, -0.1) is 0 Å². The Morgan fingerprint density at radius 2 is 1.91 bits per heavy atom. The van der Waals surface area contributed by atoms with Crippen molar-refractivity contribution in [3.05, 3.63) is 89.2 Å². The van der Waals surface area contributed by atoms with Gasteiger partial charge in [0.1, 0.15) is 17.1 Å². The van der Waals surface area contributed by atoms with Crippen LogP contribution in [0.4, 0.5) is 5.69 Å². The molecule has 0 unspecified atom stereocenters. The minimum atomic E-state index is -0.446. The topological polar surface area (TPSA) is 85.2 Å². The number of benzene rings is 2. The number of hydrogen-bond donors (Lipinski definition) is 0. The number of ether oxygens (including phenoxy) is 1. The maximum absolute atomic E-state index is 12.6. The van der Waals surface area contributed by atoms with E-state index >= 15 is 0 Å². The van der Waals surface area contributed by atoms with E-state index in [0.717, 1.165) is 11.1 Å². The summed E-state index contributed by atoms with van der Waals surface area (Å²) in [6, 6.07) is 18.0. The number of rotatable bonds is 5. The van der Waals surface area contributed by atoms with Gasteiger partial charge >= 0.3 is 5.63 Å². The summed E-state index contributed by atoms with van der Waals surface area (Å²) in [6.07, 6.45) is 6.29. The van der Waals surface area contributed by atoms with E-state index in [-0.39, 0.29) is 0 Å². The van der Waals surface area contributed by atoms with Gasteiger partial charge in [0.15, 0.2) is 5.17 Å². The summed E-state index contributed by atoms with van der Waals surface area (Å²) >= 11 is 1.33. The van der Waals surface area contributed by atoms with Gasteiger partial charge in [-0.05, 0) is 48.7 Å². The lowest BCUT2D eigenvalue weighted by molar-refractivity contribution is -0.113. The SMILES string of the molecule is COc1cc(N(C)C(=NC(=O)/C=C/c2ccco2)SC)ccc1-c1cc2ccccc2oc1=O. The van der Waals surface area contributed by atoms with E-state index in [1.54, 1.807) is 54.4 Å². The van der Waals surface area contributed by atoms with Gasteiger partial charge in [-0.1, -0.05) is 30.0 Å². The van der Waals surface area contributed by atoms with Crippen molar-refractivity contribution in [3.8, 4) is 16.9 Å². The van der Waals surface area contributed by atoms with Crippen molar-refractivity contribution < 1.29 is 18.4 Å². The third-order valence-corrected chi connectivity index (χ3v) is 5.84. The first-order valence-electron chi connectivity index (χ1n) is 10.3. The quantitative estimate of drug-likeness (QED) is 0.164. The number of nitrogens with zero attached hydrogens (tertiary/aromatic N) is 2. The molecule has 2 aromatic carbocycles. The van der Waals surface area contributed by atoms with Gasteiger partial charge < -0.3 is 18.5 Å². The van der Waals surface area contributed by atoms with Crippen molar-refractivity contribution in [2.45, 2.75) is 0 Å². The highest BCUT2D eigenvalue weighted by Gasteiger charge is 2.16. The summed E-state index contributed by atoms with van der Waals surface area (Å²) < 4.78 is 16.3. The first-order valence-corrected chi connectivity index (χ1v) is 11.6. The fourth-order valence-electron chi connectivity index (χ4n) is 3.40. The van der Waals surface area contributed by atoms with Crippen molar-refractivity contribution in [2.75, 3.05) is 25.3 Å². The fourth-order valence-corrected chi connectivity index (χ4v) is 3.96. The maximum Gasteiger partial charge on any atom is 0.344 e. The molecule has 0 fully saturated rings. The average molecular weight is 475 g/mol. The standard InChI is InChI=1S/C26H22N2O5S/c1-28(26(34-3)27-24(29)13-11-19-8-6-14-32-19)18-10-12-20(23(16-18)31-2)21-15-17-7-4-5-9-22(17)33-25(21)30/h4-16H,1-3H3/b13-11+,27-26?. The minimum absolute atomic E-state index is 0.404. The number of carbonyl (C=O) groups excluding carboxylic acids is 1. The Kier molecular flexibility index (Phi) is 6.98. The molecule has 4 rings (SSSR count). The van der Waals surface area contributed by atoms with Crippen molar-refractivity contribution in [2.24, 2.45) is 4.99 Å². The molecule has 0 aliphatic heterocycles. The van der Waals surface area contributed by atoms with E-state index in [2.05, 4.69) is 4.99 Å². The summed E-state index contributed by atoms with van der Waals surface area (Å²) in [7, 11) is 3.34. The molecule has 0 N–H and O–H groups in total. The van der Waals surface area contributed by atoms with Gasteiger partial charge in [0.25, 0.3) is 5.91 Å². The zero-order valence-electron chi connectivity index (χ0n) is 18.8. The summed E-state index contributed by atoms with van der Waals surface area (Å²) in [5.41, 5.74) is 1.83. The minimum Gasteiger partial charge on any atom is -0.496 e. The number of methoxy groups -OCH3 is 1. The normalized spacial score (nSPS) is 11.8. The van der Waals surface area contributed by atoms with Crippen molar-refractivity contribution in [1.29, 1.82) is 0 Å². The fraction of sp³-hybridized carbons (Fsp3) is 0.115. The van der Waals surface area contributed by atoms with Crippen LogP contribution < -0.4 is 15.3 Å². The smallest absolute Gasteiger partial charge is 0.344 e. The first-order chi connectivity index (χ1) is 16.5. The van der Waals surface area contributed by atoms with E-state index < -0.39 is 11.5 Å². The molecule has 8 heteroatoms. The molecular weight excluding hydrogens is 452 g/mol. The second-order valence-electron chi connectivity index (χ2n) is 7.21. The van der Waals surface area contributed by atoms with E-state index in [0.29, 0.717) is 33.4 Å². The van der Waals surface area contributed by atoms with Crippen LogP contribution in [0.3, 0.4) is 0 Å². The summed E-state index contributed by atoms with van der Waals surface area (Å²) in [4.78, 5) is 30.9. The van der Waals surface area contributed by atoms with Gasteiger partial charge in [-0.3, -0.25) is 4.79 Å². The number of aliphatic imine (C=N–C) groups is 1. The molecule has 0 aliphatic rings. The summed E-state index contributed by atoms with van der Waals surface area (Å²) in [5, 5.41) is 1.31. The predicted molar refractivity (Wildman–Crippen MR) is 137 cm³/mol. The molecule has 0 saturated heterocycles. The van der Waals surface area contributed by atoms with E-state index in [4.69, 9.17) is 13.6 Å². The molecule has 2 heterocycles. The Bertz CT molecular complexity index is 1440. The highest BCUT2D eigenvalue weighted by atomic mass is 32.2. The van der Waals surface area contributed by atoms with Gasteiger partial charge in [0.2, 0.25) is 0 Å². The number of furan rings is 1. The number of thioether (sulfide) groups is 1. The van der Waals surface area contributed by atoms with Crippen LogP contribution >= 0.6 is 11.8 Å². The molecule has 7 nitrogen and oxygen atoms in total. The number of anilines is 1. The molecule has 34 heavy (non-hydrogen) atoms. The summed E-state index contributed by atoms with van der Waals surface area (Å²) in [5.74, 6) is 0.655. The first kappa shape index (κ1) is 23.1. The highest BCUT2D eigenvalue weighted by Crippen LogP contribution is 2.33. The Hall–Kier alpha value is -4.04. The lowest BCUT2D eigenvalue weighted by Gasteiger charge is -2.21.